The van der Waals surface area contributed by atoms with Gasteiger partial charge in [0.2, 0.25) is 0 Å². The summed E-state index contributed by atoms with van der Waals surface area (Å²) >= 11 is 0. The number of ketones is 2. The van der Waals surface area contributed by atoms with Crippen molar-refractivity contribution in [3.63, 3.8) is 0 Å². The molecule has 4 aliphatic carbocycles. The van der Waals surface area contributed by atoms with Crippen molar-refractivity contribution in [3.05, 3.63) is 35.5 Å². The number of carbonyl (C=O) groups excluding carboxylic acids is 3. The van der Waals surface area contributed by atoms with Gasteiger partial charge >= 0.3 is 5.97 Å². The lowest BCUT2D eigenvalue weighted by Crippen LogP contribution is -2.46. The molecule has 162 valence electrons. The Kier molecular flexibility index (Phi) is 5.19. The fraction of sp³-hybridized carbons (Fsp3) is 0.654. The first-order valence-corrected chi connectivity index (χ1v) is 11.4. The Morgan fingerprint density at radius 3 is 2.60 bits per heavy atom. The third-order valence-corrected chi connectivity index (χ3v) is 8.63. The fourth-order valence-electron chi connectivity index (χ4n) is 7.37. The summed E-state index contributed by atoms with van der Waals surface area (Å²) in [5.41, 5.74) is 2.35. The third kappa shape index (κ3) is 3.06. The van der Waals surface area contributed by atoms with Gasteiger partial charge in [-0.15, -0.1) is 0 Å². The maximum absolute atomic E-state index is 12.8. The van der Waals surface area contributed by atoms with Crippen molar-refractivity contribution in [1.82, 2.24) is 0 Å². The van der Waals surface area contributed by atoms with Crippen LogP contribution in [0.3, 0.4) is 0 Å². The van der Waals surface area contributed by atoms with Gasteiger partial charge in [-0.3, -0.25) is 14.4 Å². The highest BCUT2D eigenvalue weighted by Crippen LogP contribution is 2.66. The Morgan fingerprint density at radius 1 is 1.20 bits per heavy atom. The first-order valence-electron chi connectivity index (χ1n) is 11.4. The van der Waals surface area contributed by atoms with Gasteiger partial charge < -0.3 is 4.74 Å². The summed E-state index contributed by atoms with van der Waals surface area (Å²) in [5.74, 6) is 1.24. The molecule has 0 aromatic rings. The third-order valence-electron chi connectivity index (χ3n) is 8.63. The number of carbonyl (C=O) groups is 3. The zero-order chi connectivity index (χ0) is 21.8. The summed E-state index contributed by atoms with van der Waals surface area (Å²) in [6, 6.07) is 0. The van der Waals surface area contributed by atoms with Gasteiger partial charge in [-0.25, -0.2) is 0 Å². The smallest absolute Gasteiger partial charge is 0.305 e. The van der Waals surface area contributed by atoms with Crippen molar-refractivity contribution in [2.24, 2.45) is 40.4 Å². The molecule has 30 heavy (non-hydrogen) atoms. The van der Waals surface area contributed by atoms with E-state index in [0.29, 0.717) is 30.8 Å². The molecule has 4 heteroatoms. The standard InChI is InChI=1S/C26H34O4/c1-6-23(29)30-14-17-12-22-19-11-15(2)21-13-18(28)7-9-25(21,4)20(19)8-10-26(22,5)24(17)16(3)27/h7-9,13,15,17,19,22,24H,6,10-12,14H2,1-5H3/t15-,17+,19+,22-,24-,25+,26-/m0/s1. The van der Waals surface area contributed by atoms with Crippen molar-refractivity contribution in [2.75, 3.05) is 6.61 Å². The number of hydrogen-bond donors (Lipinski definition) is 0. The molecule has 4 rings (SSSR count). The number of hydrogen-bond acceptors (Lipinski definition) is 4. The second-order valence-electron chi connectivity index (χ2n) is 10.4. The van der Waals surface area contributed by atoms with E-state index in [1.807, 2.05) is 6.08 Å². The van der Waals surface area contributed by atoms with Gasteiger partial charge in [-0.05, 0) is 74.0 Å². The van der Waals surface area contributed by atoms with Crippen LogP contribution >= 0.6 is 0 Å². The second-order valence-corrected chi connectivity index (χ2v) is 10.4. The number of fused-ring (bicyclic) bond motifs is 5. The molecule has 4 aliphatic rings. The maximum Gasteiger partial charge on any atom is 0.305 e. The van der Waals surface area contributed by atoms with Crippen LogP contribution in [0.2, 0.25) is 0 Å². The van der Waals surface area contributed by atoms with Gasteiger partial charge in [-0.1, -0.05) is 38.5 Å². The number of rotatable bonds is 4. The highest BCUT2D eigenvalue weighted by Gasteiger charge is 2.60. The number of esters is 1. The molecule has 0 radical (unpaired) electrons. The summed E-state index contributed by atoms with van der Waals surface area (Å²) in [6.07, 6.45) is 11.2. The van der Waals surface area contributed by atoms with E-state index in [2.05, 4.69) is 32.9 Å². The van der Waals surface area contributed by atoms with Crippen molar-refractivity contribution in [3.8, 4) is 0 Å². The van der Waals surface area contributed by atoms with Gasteiger partial charge in [0.25, 0.3) is 0 Å². The average Bonchev–Trinajstić information content (AvgIpc) is 3.00. The molecule has 0 aromatic carbocycles. The van der Waals surface area contributed by atoms with Gasteiger partial charge in [0.1, 0.15) is 5.78 Å². The summed E-state index contributed by atoms with van der Waals surface area (Å²) in [5, 5.41) is 0. The molecule has 0 amide bonds. The van der Waals surface area contributed by atoms with Crippen molar-refractivity contribution < 1.29 is 19.1 Å². The summed E-state index contributed by atoms with van der Waals surface area (Å²) < 4.78 is 5.52. The predicted octanol–water partition coefficient (Wildman–Crippen LogP) is 4.84. The SMILES string of the molecule is CCC(=O)OC[C@H]1C[C@H]2[C@@H]3C[C@H](C)C4=CC(=O)C=C[C@]4(C)C3=CC[C@]2(C)[C@H]1C(C)=O. The summed E-state index contributed by atoms with van der Waals surface area (Å²) in [4.78, 5) is 36.6. The molecule has 0 bridgehead atoms. The van der Waals surface area contributed by atoms with Gasteiger partial charge in [0.15, 0.2) is 5.78 Å². The number of ether oxygens (including phenoxy) is 1. The lowest BCUT2D eigenvalue weighted by atomic mass is 9.50. The fourth-order valence-corrected chi connectivity index (χ4v) is 7.37. The molecule has 7 atom stereocenters. The van der Waals surface area contributed by atoms with Crippen LogP contribution in [0.25, 0.3) is 0 Å². The zero-order valence-corrected chi connectivity index (χ0v) is 18.9. The molecule has 2 fully saturated rings. The Bertz CT molecular complexity index is 877. The lowest BCUT2D eigenvalue weighted by molar-refractivity contribution is -0.146. The van der Waals surface area contributed by atoms with E-state index in [0.717, 1.165) is 19.3 Å². The van der Waals surface area contributed by atoms with Crippen molar-refractivity contribution in [1.29, 1.82) is 0 Å². The van der Waals surface area contributed by atoms with Crippen LogP contribution in [0.4, 0.5) is 0 Å². The normalized spacial score (nSPS) is 41.9. The number of Topliss-reactive ketones (excluding diaryl/α,β-unsaturated/α-hetero) is 1. The lowest BCUT2D eigenvalue weighted by Gasteiger charge is -2.54. The Balaban J connectivity index is 1.70. The molecule has 0 N–H and O–H groups in total. The highest BCUT2D eigenvalue weighted by molar-refractivity contribution is 6.01. The highest BCUT2D eigenvalue weighted by atomic mass is 16.5. The molecule has 0 unspecified atom stereocenters. The Morgan fingerprint density at radius 2 is 1.93 bits per heavy atom. The van der Waals surface area contributed by atoms with Crippen LogP contribution < -0.4 is 0 Å². The van der Waals surface area contributed by atoms with E-state index in [9.17, 15) is 14.4 Å². The minimum atomic E-state index is -0.198. The molecular weight excluding hydrogens is 376 g/mol. The van der Waals surface area contributed by atoms with Crippen LogP contribution in [0, 0.1) is 40.4 Å². The minimum absolute atomic E-state index is 0.0755. The van der Waals surface area contributed by atoms with E-state index in [1.165, 1.54) is 11.1 Å². The quantitative estimate of drug-likeness (QED) is 0.491. The molecule has 2 saturated carbocycles. The van der Waals surface area contributed by atoms with Crippen LogP contribution in [-0.4, -0.2) is 24.1 Å². The van der Waals surface area contributed by atoms with Gasteiger partial charge in [-0.2, -0.15) is 0 Å². The Labute approximate surface area is 179 Å². The van der Waals surface area contributed by atoms with E-state index < -0.39 is 0 Å². The van der Waals surface area contributed by atoms with Crippen molar-refractivity contribution >= 4 is 17.5 Å². The van der Waals surface area contributed by atoms with Crippen molar-refractivity contribution in [2.45, 2.75) is 60.3 Å². The van der Waals surface area contributed by atoms with Gasteiger partial charge in [0, 0.05) is 23.7 Å². The van der Waals surface area contributed by atoms with E-state index in [1.54, 1.807) is 19.9 Å². The summed E-state index contributed by atoms with van der Waals surface area (Å²) in [6.45, 7) is 10.6. The molecular formula is C26H34O4. The van der Waals surface area contributed by atoms with E-state index >= 15 is 0 Å². The average molecular weight is 411 g/mol. The minimum Gasteiger partial charge on any atom is -0.465 e. The van der Waals surface area contributed by atoms with Gasteiger partial charge in [0.05, 0.1) is 6.61 Å². The first kappa shape index (κ1) is 21.3. The second kappa shape index (κ2) is 7.32. The topological polar surface area (TPSA) is 60.4 Å². The molecule has 0 aromatic heterocycles. The number of allylic oxidation sites excluding steroid dienone is 6. The maximum atomic E-state index is 12.8. The van der Waals surface area contributed by atoms with Crippen LogP contribution in [0.5, 0.6) is 0 Å². The summed E-state index contributed by atoms with van der Waals surface area (Å²) in [7, 11) is 0. The Hall–Kier alpha value is -1.97. The molecule has 4 nitrogen and oxygen atoms in total. The largest absolute Gasteiger partial charge is 0.465 e. The van der Waals surface area contributed by atoms with E-state index in [4.69, 9.17) is 4.74 Å². The predicted molar refractivity (Wildman–Crippen MR) is 115 cm³/mol. The monoisotopic (exact) mass is 410 g/mol. The molecule has 0 saturated heterocycles. The molecule has 0 aliphatic heterocycles. The van der Waals surface area contributed by atoms with E-state index in [-0.39, 0.29) is 40.2 Å². The molecule has 0 spiro atoms. The first-order chi connectivity index (χ1) is 14.1. The van der Waals surface area contributed by atoms with Crippen LogP contribution in [0.1, 0.15) is 60.3 Å². The van der Waals surface area contributed by atoms with Crippen LogP contribution in [-0.2, 0) is 19.1 Å². The van der Waals surface area contributed by atoms with Crippen LogP contribution in [0.15, 0.2) is 35.5 Å². The molecule has 0 heterocycles. The zero-order valence-electron chi connectivity index (χ0n) is 18.9.